The van der Waals surface area contributed by atoms with E-state index in [0.29, 0.717) is 17.9 Å². The highest BCUT2D eigenvalue weighted by Gasteiger charge is 2.24. The molecule has 1 aromatic carbocycles. The fourth-order valence-corrected chi connectivity index (χ4v) is 1.83. The van der Waals surface area contributed by atoms with Crippen molar-refractivity contribution < 1.29 is 28.5 Å². The summed E-state index contributed by atoms with van der Waals surface area (Å²) in [6.07, 6.45) is 0.0709. The van der Waals surface area contributed by atoms with Gasteiger partial charge in [0.05, 0.1) is 7.11 Å². The highest BCUT2D eigenvalue weighted by molar-refractivity contribution is 5.67. The number of aliphatic carboxylic acids is 1. The maximum Gasteiger partial charge on any atom is 0.303 e. The molecule has 0 bridgehead atoms. The number of methoxy groups -OCH3 is 1. The van der Waals surface area contributed by atoms with Crippen molar-refractivity contribution in [2.75, 3.05) is 20.3 Å². The Morgan fingerprint density at radius 1 is 1.50 bits per heavy atom. The SMILES string of the molecule is COc1c(CCC(=O)O)cc2c(c1F)OCCO2. The lowest BCUT2D eigenvalue weighted by atomic mass is 10.1. The van der Waals surface area contributed by atoms with Crippen LogP contribution in [0.4, 0.5) is 4.39 Å². The summed E-state index contributed by atoms with van der Waals surface area (Å²) >= 11 is 0. The molecule has 98 valence electrons. The van der Waals surface area contributed by atoms with E-state index < -0.39 is 11.8 Å². The number of fused-ring (bicyclic) bond motifs is 1. The van der Waals surface area contributed by atoms with Gasteiger partial charge in [0.1, 0.15) is 13.2 Å². The lowest BCUT2D eigenvalue weighted by Crippen LogP contribution is -2.17. The minimum atomic E-state index is -0.952. The van der Waals surface area contributed by atoms with Crippen LogP contribution in [-0.4, -0.2) is 31.4 Å². The van der Waals surface area contributed by atoms with Crippen LogP contribution in [0.1, 0.15) is 12.0 Å². The number of halogens is 1. The lowest BCUT2D eigenvalue weighted by molar-refractivity contribution is -0.136. The van der Waals surface area contributed by atoms with Gasteiger partial charge in [0, 0.05) is 12.0 Å². The van der Waals surface area contributed by atoms with Crippen LogP contribution in [0.5, 0.6) is 17.2 Å². The van der Waals surface area contributed by atoms with Crippen molar-refractivity contribution in [2.45, 2.75) is 12.8 Å². The van der Waals surface area contributed by atoms with Gasteiger partial charge in [-0.2, -0.15) is 4.39 Å². The van der Waals surface area contributed by atoms with Crippen molar-refractivity contribution in [3.05, 3.63) is 17.4 Å². The molecule has 1 aliphatic rings. The number of benzene rings is 1. The molecule has 1 heterocycles. The van der Waals surface area contributed by atoms with Crippen LogP contribution < -0.4 is 14.2 Å². The molecule has 0 aromatic heterocycles. The van der Waals surface area contributed by atoms with Crippen molar-refractivity contribution in [1.29, 1.82) is 0 Å². The largest absolute Gasteiger partial charge is 0.493 e. The van der Waals surface area contributed by atoms with Crippen molar-refractivity contribution in [3.8, 4) is 17.2 Å². The van der Waals surface area contributed by atoms with Crippen molar-refractivity contribution >= 4 is 5.97 Å². The van der Waals surface area contributed by atoms with E-state index in [4.69, 9.17) is 19.3 Å². The summed E-state index contributed by atoms with van der Waals surface area (Å²) in [5.41, 5.74) is 0.460. The van der Waals surface area contributed by atoms with Crippen LogP contribution in [0.25, 0.3) is 0 Å². The third-order valence-electron chi connectivity index (χ3n) is 2.62. The molecule has 1 N–H and O–H groups in total. The molecule has 0 atom stereocenters. The molecule has 0 saturated carbocycles. The summed E-state index contributed by atoms with van der Waals surface area (Å²) < 4.78 is 29.5. The molecule has 0 spiro atoms. The Labute approximate surface area is 103 Å². The van der Waals surface area contributed by atoms with Gasteiger partial charge in [0.2, 0.25) is 11.6 Å². The number of hydrogen-bond donors (Lipinski definition) is 1. The normalized spacial score (nSPS) is 13.2. The number of ether oxygens (including phenoxy) is 3. The third-order valence-corrected chi connectivity index (χ3v) is 2.62. The van der Waals surface area contributed by atoms with Crippen molar-refractivity contribution in [2.24, 2.45) is 0 Å². The molecular weight excluding hydrogens is 243 g/mol. The topological polar surface area (TPSA) is 65.0 Å². The first kappa shape index (κ1) is 12.5. The molecule has 6 heteroatoms. The quantitative estimate of drug-likeness (QED) is 0.886. The first-order valence-electron chi connectivity index (χ1n) is 5.50. The first-order chi connectivity index (χ1) is 8.63. The molecule has 0 saturated heterocycles. The van der Waals surface area contributed by atoms with E-state index in [1.807, 2.05) is 0 Å². The predicted octanol–water partition coefficient (Wildman–Crippen LogP) is 1.62. The summed E-state index contributed by atoms with van der Waals surface area (Å²) in [5.74, 6) is -1.26. The van der Waals surface area contributed by atoms with Gasteiger partial charge in [0.15, 0.2) is 11.5 Å². The van der Waals surface area contributed by atoms with Crippen LogP contribution in [0.2, 0.25) is 0 Å². The Morgan fingerprint density at radius 2 is 2.22 bits per heavy atom. The molecule has 0 aliphatic carbocycles. The molecule has 1 aromatic rings. The third kappa shape index (κ3) is 2.32. The van der Waals surface area contributed by atoms with Gasteiger partial charge in [-0.1, -0.05) is 0 Å². The second-order valence-electron chi connectivity index (χ2n) is 3.80. The van der Waals surface area contributed by atoms with Crippen LogP contribution in [0.3, 0.4) is 0 Å². The Kier molecular flexibility index (Phi) is 3.55. The number of aryl methyl sites for hydroxylation is 1. The fraction of sp³-hybridized carbons (Fsp3) is 0.417. The van der Waals surface area contributed by atoms with Crippen molar-refractivity contribution in [3.63, 3.8) is 0 Å². The minimum Gasteiger partial charge on any atom is -0.493 e. The van der Waals surface area contributed by atoms with E-state index in [2.05, 4.69) is 0 Å². The van der Waals surface area contributed by atoms with Gasteiger partial charge in [0.25, 0.3) is 0 Å². The zero-order chi connectivity index (χ0) is 13.1. The van der Waals surface area contributed by atoms with E-state index in [-0.39, 0.29) is 30.9 Å². The monoisotopic (exact) mass is 256 g/mol. The molecule has 5 nitrogen and oxygen atoms in total. The van der Waals surface area contributed by atoms with Gasteiger partial charge in [-0.05, 0) is 12.5 Å². The predicted molar refractivity (Wildman–Crippen MR) is 59.9 cm³/mol. The minimum absolute atomic E-state index is 0.0144. The standard InChI is InChI=1S/C12H13FO5/c1-16-11-7(2-3-9(14)15)6-8-12(10(11)13)18-5-4-17-8/h6H,2-5H2,1H3,(H,14,15). The van der Waals surface area contributed by atoms with E-state index in [9.17, 15) is 9.18 Å². The van der Waals surface area contributed by atoms with Gasteiger partial charge in [-0.3, -0.25) is 4.79 Å². The van der Waals surface area contributed by atoms with Crippen LogP contribution in [-0.2, 0) is 11.2 Å². The molecular formula is C12H13FO5. The van der Waals surface area contributed by atoms with Crippen molar-refractivity contribution in [1.82, 2.24) is 0 Å². The number of carbonyl (C=O) groups is 1. The summed E-state index contributed by atoms with van der Waals surface area (Å²) in [7, 11) is 1.33. The van der Waals surface area contributed by atoms with Crippen LogP contribution in [0.15, 0.2) is 6.07 Å². The number of rotatable bonds is 4. The second kappa shape index (κ2) is 5.12. The highest BCUT2D eigenvalue weighted by Crippen LogP contribution is 2.40. The van der Waals surface area contributed by atoms with E-state index >= 15 is 0 Å². The average Bonchev–Trinajstić information content (AvgIpc) is 2.36. The molecule has 0 fully saturated rings. The fourth-order valence-electron chi connectivity index (χ4n) is 1.83. The van der Waals surface area contributed by atoms with Gasteiger partial charge in [-0.25, -0.2) is 0 Å². The molecule has 0 amide bonds. The smallest absolute Gasteiger partial charge is 0.303 e. The Balaban J connectivity index is 2.38. The Bertz CT molecular complexity index is 472. The first-order valence-corrected chi connectivity index (χ1v) is 5.50. The molecule has 18 heavy (non-hydrogen) atoms. The maximum atomic E-state index is 14.1. The van der Waals surface area contributed by atoms with E-state index in [1.165, 1.54) is 7.11 Å². The summed E-state index contributed by atoms with van der Waals surface area (Å²) in [6, 6.07) is 1.57. The lowest BCUT2D eigenvalue weighted by Gasteiger charge is -2.21. The van der Waals surface area contributed by atoms with Gasteiger partial charge >= 0.3 is 5.97 Å². The average molecular weight is 256 g/mol. The Hall–Kier alpha value is -1.98. The summed E-state index contributed by atoms with van der Waals surface area (Å²) in [5, 5.41) is 8.66. The number of carboxylic acid groups (broad SMARTS) is 1. The maximum absolute atomic E-state index is 14.1. The summed E-state index contributed by atoms with van der Waals surface area (Å²) in [4.78, 5) is 10.6. The second-order valence-corrected chi connectivity index (χ2v) is 3.80. The molecule has 1 aliphatic heterocycles. The van der Waals surface area contributed by atoms with Gasteiger partial charge < -0.3 is 19.3 Å². The number of hydrogen-bond acceptors (Lipinski definition) is 4. The van der Waals surface area contributed by atoms with Crippen LogP contribution in [0, 0.1) is 5.82 Å². The summed E-state index contributed by atoms with van der Waals surface area (Å²) in [6.45, 7) is 0.624. The molecule has 0 radical (unpaired) electrons. The van der Waals surface area contributed by atoms with Crippen LogP contribution >= 0.6 is 0 Å². The van der Waals surface area contributed by atoms with Gasteiger partial charge in [-0.15, -0.1) is 0 Å². The zero-order valence-electron chi connectivity index (χ0n) is 9.86. The Morgan fingerprint density at radius 3 is 2.89 bits per heavy atom. The number of carboxylic acids is 1. The zero-order valence-corrected chi connectivity index (χ0v) is 9.86. The van der Waals surface area contributed by atoms with E-state index in [1.54, 1.807) is 6.07 Å². The molecule has 2 rings (SSSR count). The molecule has 0 unspecified atom stereocenters. The van der Waals surface area contributed by atoms with E-state index in [0.717, 1.165) is 0 Å². The highest BCUT2D eigenvalue weighted by atomic mass is 19.1.